The van der Waals surface area contributed by atoms with Gasteiger partial charge < -0.3 is 14.6 Å². The fourth-order valence-electron chi connectivity index (χ4n) is 2.12. The molecule has 0 aliphatic heterocycles. The van der Waals surface area contributed by atoms with Gasteiger partial charge in [0.05, 0.1) is 5.56 Å². The van der Waals surface area contributed by atoms with Crippen LogP contribution in [0.2, 0.25) is 0 Å². The van der Waals surface area contributed by atoms with Crippen molar-refractivity contribution in [3.05, 3.63) is 78.4 Å². The number of benzene rings is 3. The van der Waals surface area contributed by atoms with Crippen molar-refractivity contribution in [1.29, 1.82) is 0 Å². The summed E-state index contributed by atoms with van der Waals surface area (Å²) in [6.07, 6.45) is -4.40. The van der Waals surface area contributed by atoms with Crippen LogP contribution < -0.4 is 9.47 Å². The van der Waals surface area contributed by atoms with Crippen LogP contribution in [-0.4, -0.2) is 5.11 Å². The fourth-order valence-corrected chi connectivity index (χ4v) is 2.12. The predicted octanol–water partition coefficient (Wildman–Crippen LogP) is 6.00. The molecule has 3 rings (SSSR count). The van der Waals surface area contributed by atoms with Crippen LogP contribution in [0.1, 0.15) is 5.56 Å². The van der Waals surface area contributed by atoms with Crippen molar-refractivity contribution < 1.29 is 27.8 Å². The molecule has 0 radical (unpaired) electrons. The summed E-state index contributed by atoms with van der Waals surface area (Å²) >= 11 is 0. The number of hydrogen-bond donors (Lipinski definition) is 1. The van der Waals surface area contributed by atoms with Gasteiger partial charge in [-0.15, -0.1) is 0 Å². The summed E-state index contributed by atoms with van der Waals surface area (Å²) in [6, 6.07) is 17.5. The zero-order valence-electron chi connectivity index (χ0n) is 12.8. The van der Waals surface area contributed by atoms with Gasteiger partial charge in [-0.1, -0.05) is 24.3 Å². The zero-order chi connectivity index (χ0) is 17.9. The lowest BCUT2D eigenvalue weighted by Gasteiger charge is -2.13. The Kier molecular flexibility index (Phi) is 4.52. The summed E-state index contributed by atoms with van der Waals surface area (Å²) < 4.78 is 49.1. The highest BCUT2D eigenvalue weighted by Gasteiger charge is 2.30. The van der Waals surface area contributed by atoms with E-state index in [1.807, 2.05) is 0 Å². The van der Waals surface area contributed by atoms with Crippen molar-refractivity contribution in [2.75, 3.05) is 0 Å². The summed E-state index contributed by atoms with van der Waals surface area (Å²) in [7, 11) is 0. The summed E-state index contributed by atoms with van der Waals surface area (Å²) in [5, 5.41) is 9.79. The molecule has 0 amide bonds. The van der Waals surface area contributed by atoms with Gasteiger partial charge in [0, 0.05) is 0 Å². The Bertz CT molecular complexity index is 858. The highest BCUT2D eigenvalue weighted by molar-refractivity contribution is 5.48. The number of phenols is 1. The molecule has 0 fully saturated rings. The zero-order valence-corrected chi connectivity index (χ0v) is 12.8. The van der Waals surface area contributed by atoms with E-state index < -0.39 is 11.7 Å². The van der Waals surface area contributed by atoms with E-state index in [1.54, 1.807) is 42.5 Å². The molecule has 0 atom stereocenters. The quantitative estimate of drug-likeness (QED) is 0.630. The van der Waals surface area contributed by atoms with Crippen molar-refractivity contribution in [1.82, 2.24) is 0 Å². The Morgan fingerprint density at radius 2 is 1.16 bits per heavy atom. The molecular weight excluding hydrogens is 333 g/mol. The van der Waals surface area contributed by atoms with Crippen LogP contribution in [0.4, 0.5) is 13.2 Å². The number of alkyl halides is 3. The van der Waals surface area contributed by atoms with Gasteiger partial charge in [0.2, 0.25) is 0 Å². The molecule has 0 heterocycles. The first kappa shape index (κ1) is 16.7. The molecule has 3 aromatic rings. The molecule has 25 heavy (non-hydrogen) atoms. The van der Waals surface area contributed by atoms with Gasteiger partial charge in [-0.25, -0.2) is 0 Å². The number of halogens is 3. The second-order valence-corrected chi connectivity index (χ2v) is 5.14. The third-order valence-electron chi connectivity index (χ3n) is 3.34. The smallest absolute Gasteiger partial charge is 0.416 e. The standard InChI is InChI=1S/C19H13F3O3/c20-19(21,22)13-9-11-14(12-10-13)24-17-7-3-4-8-18(17)25-16-6-2-1-5-15(16)23/h1-12,23H. The maximum atomic E-state index is 12.6. The molecule has 0 saturated carbocycles. The number of aromatic hydroxyl groups is 1. The van der Waals surface area contributed by atoms with Crippen LogP contribution >= 0.6 is 0 Å². The molecule has 0 unspecified atom stereocenters. The average Bonchev–Trinajstić information content (AvgIpc) is 2.58. The van der Waals surface area contributed by atoms with E-state index >= 15 is 0 Å². The van der Waals surface area contributed by atoms with Crippen LogP contribution in [0.3, 0.4) is 0 Å². The van der Waals surface area contributed by atoms with Gasteiger partial charge in [-0.3, -0.25) is 0 Å². The molecule has 0 aromatic heterocycles. The molecule has 0 aliphatic carbocycles. The van der Waals surface area contributed by atoms with E-state index in [0.717, 1.165) is 12.1 Å². The molecule has 6 heteroatoms. The molecule has 0 saturated heterocycles. The Morgan fingerprint density at radius 1 is 0.640 bits per heavy atom. The molecule has 3 nitrogen and oxygen atoms in total. The minimum absolute atomic E-state index is 0.0353. The van der Waals surface area contributed by atoms with Gasteiger partial charge in [0.15, 0.2) is 23.0 Å². The van der Waals surface area contributed by atoms with Gasteiger partial charge >= 0.3 is 6.18 Å². The topological polar surface area (TPSA) is 38.7 Å². The van der Waals surface area contributed by atoms with Gasteiger partial charge in [-0.05, 0) is 48.5 Å². The van der Waals surface area contributed by atoms with E-state index in [-0.39, 0.29) is 17.2 Å². The summed E-state index contributed by atoms with van der Waals surface area (Å²) in [6.45, 7) is 0. The van der Waals surface area contributed by atoms with Crippen LogP contribution in [0.15, 0.2) is 72.8 Å². The first-order valence-corrected chi connectivity index (χ1v) is 7.33. The highest BCUT2D eigenvalue weighted by atomic mass is 19.4. The summed E-state index contributed by atoms with van der Waals surface area (Å²) in [5.74, 6) is 1.08. The summed E-state index contributed by atoms with van der Waals surface area (Å²) in [5.41, 5.74) is -0.751. The second kappa shape index (κ2) is 6.76. The van der Waals surface area contributed by atoms with E-state index in [1.165, 1.54) is 18.2 Å². The average molecular weight is 346 g/mol. The number of ether oxygens (including phenoxy) is 2. The van der Waals surface area contributed by atoms with Gasteiger partial charge in [0.1, 0.15) is 5.75 Å². The number of hydrogen-bond acceptors (Lipinski definition) is 3. The SMILES string of the molecule is Oc1ccccc1Oc1ccccc1Oc1ccc(C(F)(F)F)cc1. The van der Waals surface area contributed by atoms with E-state index in [0.29, 0.717) is 11.5 Å². The number of phenolic OH excluding ortho intramolecular Hbond substituents is 1. The molecule has 128 valence electrons. The van der Waals surface area contributed by atoms with Gasteiger partial charge in [-0.2, -0.15) is 13.2 Å². The molecule has 0 spiro atoms. The first-order valence-electron chi connectivity index (χ1n) is 7.33. The normalized spacial score (nSPS) is 11.2. The Labute approximate surface area is 141 Å². The molecule has 0 bridgehead atoms. The minimum atomic E-state index is -4.40. The second-order valence-electron chi connectivity index (χ2n) is 5.14. The molecular formula is C19H13F3O3. The van der Waals surface area contributed by atoms with Crippen LogP contribution in [0, 0.1) is 0 Å². The van der Waals surface area contributed by atoms with Crippen LogP contribution in [0.25, 0.3) is 0 Å². The molecule has 0 aliphatic rings. The first-order chi connectivity index (χ1) is 11.9. The third-order valence-corrected chi connectivity index (χ3v) is 3.34. The molecule has 1 N–H and O–H groups in total. The molecule has 3 aromatic carbocycles. The van der Waals surface area contributed by atoms with E-state index in [9.17, 15) is 18.3 Å². The lowest BCUT2D eigenvalue weighted by Crippen LogP contribution is -2.04. The number of rotatable bonds is 4. The Morgan fingerprint density at radius 3 is 1.72 bits per heavy atom. The lowest BCUT2D eigenvalue weighted by atomic mass is 10.2. The van der Waals surface area contributed by atoms with Crippen molar-refractivity contribution >= 4 is 0 Å². The Hall–Kier alpha value is -3.15. The van der Waals surface area contributed by atoms with Crippen LogP contribution in [-0.2, 0) is 6.18 Å². The van der Waals surface area contributed by atoms with Crippen molar-refractivity contribution in [3.8, 4) is 28.7 Å². The van der Waals surface area contributed by atoms with E-state index in [2.05, 4.69) is 0 Å². The largest absolute Gasteiger partial charge is 0.504 e. The summed E-state index contributed by atoms with van der Waals surface area (Å²) in [4.78, 5) is 0. The van der Waals surface area contributed by atoms with Gasteiger partial charge in [0.25, 0.3) is 0 Å². The van der Waals surface area contributed by atoms with Crippen molar-refractivity contribution in [2.45, 2.75) is 6.18 Å². The maximum absolute atomic E-state index is 12.6. The fraction of sp³-hybridized carbons (Fsp3) is 0.0526. The van der Waals surface area contributed by atoms with Crippen molar-refractivity contribution in [2.24, 2.45) is 0 Å². The third kappa shape index (κ3) is 4.03. The van der Waals surface area contributed by atoms with Crippen molar-refractivity contribution in [3.63, 3.8) is 0 Å². The lowest BCUT2D eigenvalue weighted by molar-refractivity contribution is -0.137. The number of para-hydroxylation sites is 4. The van der Waals surface area contributed by atoms with Crippen LogP contribution in [0.5, 0.6) is 28.7 Å². The highest BCUT2D eigenvalue weighted by Crippen LogP contribution is 2.38. The predicted molar refractivity (Wildman–Crippen MR) is 86.1 cm³/mol. The Balaban J connectivity index is 1.83. The minimum Gasteiger partial charge on any atom is -0.504 e. The maximum Gasteiger partial charge on any atom is 0.416 e. The van der Waals surface area contributed by atoms with E-state index in [4.69, 9.17) is 9.47 Å². The monoisotopic (exact) mass is 346 g/mol.